The molecule has 0 bridgehead atoms. The zero-order valence-corrected chi connectivity index (χ0v) is 9.13. The van der Waals surface area contributed by atoms with E-state index in [-0.39, 0.29) is 72.6 Å². The second-order valence-electron chi connectivity index (χ2n) is 0.513. The van der Waals surface area contributed by atoms with Crippen molar-refractivity contribution in [2.24, 2.45) is 0 Å². The SMILES string of the molecule is O=P(O)(O)O.[Gd].[Y]. The number of rotatable bonds is 0. The molecule has 4 nitrogen and oxygen atoms in total. The van der Waals surface area contributed by atoms with Crippen LogP contribution in [0.2, 0.25) is 0 Å². The Hall–Kier alpha value is 2.54. The molecule has 0 unspecified atom stereocenters. The fourth-order valence-electron chi connectivity index (χ4n) is 0. The number of hydrogen-bond acceptors (Lipinski definition) is 1. The van der Waals surface area contributed by atoms with Crippen LogP contribution in [0.3, 0.4) is 0 Å². The fraction of sp³-hybridized carbons (Fsp3) is 0. The van der Waals surface area contributed by atoms with E-state index in [0.29, 0.717) is 0 Å². The Kier molecular flexibility index (Phi) is 15.5. The van der Waals surface area contributed by atoms with Crippen LogP contribution in [0.1, 0.15) is 0 Å². The van der Waals surface area contributed by atoms with Gasteiger partial charge in [0, 0.05) is 72.6 Å². The first-order valence-electron chi connectivity index (χ1n) is 0.783. The molecule has 0 atom stereocenters. The first-order chi connectivity index (χ1) is 2.00. The van der Waals surface area contributed by atoms with Crippen LogP contribution in [-0.2, 0) is 37.3 Å². The summed E-state index contributed by atoms with van der Waals surface area (Å²) in [5, 5.41) is 0. The van der Waals surface area contributed by atoms with Gasteiger partial charge in [0.15, 0.2) is 0 Å². The average Bonchev–Trinajstić information content (AvgIpc) is 0.722. The summed E-state index contributed by atoms with van der Waals surface area (Å²) >= 11 is 0. The molecule has 0 aromatic carbocycles. The number of phosphoric acid groups is 1. The predicted molar refractivity (Wildman–Crippen MR) is 14.3 cm³/mol. The van der Waals surface area contributed by atoms with Gasteiger partial charge < -0.3 is 14.7 Å². The van der Waals surface area contributed by atoms with Gasteiger partial charge in [-0.15, -0.1) is 0 Å². The van der Waals surface area contributed by atoms with Crippen LogP contribution in [0, 0.1) is 39.9 Å². The minimum atomic E-state index is -4.64. The van der Waals surface area contributed by atoms with Gasteiger partial charge in [0.05, 0.1) is 0 Å². The summed E-state index contributed by atoms with van der Waals surface area (Å²) in [5.41, 5.74) is 0. The van der Waals surface area contributed by atoms with E-state index in [2.05, 4.69) is 0 Å². The zero-order valence-electron chi connectivity index (χ0n) is 3.13. The smallest absolute Gasteiger partial charge is 0.303 e. The quantitative estimate of drug-likeness (QED) is 0.496. The third kappa shape index (κ3) is 56.6. The summed E-state index contributed by atoms with van der Waals surface area (Å²) in [6.45, 7) is 0. The van der Waals surface area contributed by atoms with Gasteiger partial charge in [-0.3, -0.25) is 0 Å². The van der Waals surface area contributed by atoms with Gasteiger partial charge in [-0.25, -0.2) is 4.57 Å². The van der Waals surface area contributed by atoms with Crippen molar-refractivity contribution < 1.29 is 91.9 Å². The molecule has 0 rings (SSSR count). The summed E-state index contributed by atoms with van der Waals surface area (Å²) in [7, 11) is -4.64. The van der Waals surface area contributed by atoms with E-state index in [1.165, 1.54) is 0 Å². The van der Waals surface area contributed by atoms with Crippen molar-refractivity contribution in [2.45, 2.75) is 0 Å². The van der Waals surface area contributed by atoms with Gasteiger partial charge >= 0.3 is 7.82 Å². The Labute approximate surface area is 97.9 Å². The summed E-state index contributed by atoms with van der Waals surface area (Å²) in [6, 6.07) is 0. The predicted octanol–water partition coefficient (Wildman–Crippen LogP) is -0.931. The molecular weight excluding hydrogens is 341 g/mol. The maximum absolute atomic E-state index is 8.88. The standard InChI is InChI=1S/Gd.H3O4P.Y/c;1-5(2,3)4;/h;(H3,1,2,3,4);. The molecule has 7 heavy (non-hydrogen) atoms. The summed E-state index contributed by atoms with van der Waals surface area (Å²) in [5.74, 6) is 0. The van der Waals surface area contributed by atoms with Crippen molar-refractivity contribution in [3.8, 4) is 0 Å². The minimum absolute atomic E-state index is 0. The van der Waals surface area contributed by atoms with E-state index in [9.17, 15) is 0 Å². The molecule has 0 saturated carbocycles. The molecule has 0 aliphatic rings. The van der Waals surface area contributed by atoms with Crippen LogP contribution < -0.4 is 0 Å². The molecule has 0 fully saturated rings. The van der Waals surface area contributed by atoms with Crippen molar-refractivity contribution in [3.63, 3.8) is 0 Å². The van der Waals surface area contributed by atoms with E-state index < -0.39 is 7.82 Å². The summed E-state index contributed by atoms with van der Waals surface area (Å²) in [6.07, 6.45) is 0. The first-order valence-corrected chi connectivity index (χ1v) is 2.35. The van der Waals surface area contributed by atoms with E-state index in [1.54, 1.807) is 0 Å². The van der Waals surface area contributed by atoms with Gasteiger partial charge in [-0.1, -0.05) is 0 Å². The Bertz CT molecular complexity index is 57.8. The van der Waals surface area contributed by atoms with Crippen LogP contribution in [0.5, 0.6) is 0 Å². The van der Waals surface area contributed by atoms with Crippen LogP contribution in [0.4, 0.5) is 0 Å². The normalized spacial score (nSPS) is 8.43. The Morgan fingerprint density at radius 1 is 1.14 bits per heavy atom. The third-order valence-electron chi connectivity index (χ3n) is 0. The molecule has 43 valence electrons. The molecular formula is H3GdO4PY. The Morgan fingerprint density at radius 2 is 1.14 bits per heavy atom. The van der Waals surface area contributed by atoms with E-state index in [4.69, 9.17) is 19.2 Å². The van der Waals surface area contributed by atoms with E-state index in [0.717, 1.165) is 0 Å². The summed E-state index contributed by atoms with van der Waals surface area (Å²) < 4.78 is 8.88. The Morgan fingerprint density at radius 3 is 1.14 bits per heavy atom. The van der Waals surface area contributed by atoms with Crippen molar-refractivity contribution >= 4 is 7.82 Å². The summed E-state index contributed by atoms with van der Waals surface area (Å²) in [4.78, 5) is 21.6. The maximum Gasteiger partial charge on any atom is 0.466 e. The van der Waals surface area contributed by atoms with Crippen LogP contribution in [-0.4, -0.2) is 14.7 Å². The first kappa shape index (κ1) is 16.3. The second kappa shape index (κ2) is 6.66. The molecule has 0 amide bonds. The molecule has 0 spiro atoms. The number of hydrogen-bond donors (Lipinski definition) is 3. The van der Waals surface area contributed by atoms with E-state index in [1.807, 2.05) is 0 Å². The van der Waals surface area contributed by atoms with Crippen molar-refractivity contribution in [1.29, 1.82) is 0 Å². The zero-order chi connectivity index (χ0) is 4.50. The van der Waals surface area contributed by atoms with Crippen LogP contribution in [0.15, 0.2) is 0 Å². The van der Waals surface area contributed by atoms with Crippen molar-refractivity contribution in [2.75, 3.05) is 0 Å². The molecule has 0 aromatic heterocycles. The van der Waals surface area contributed by atoms with Gasteiger partial charge in [-0.2, -0.15) is 0 Å². The van der Waals surface area contributed by atoms with Gasteiger partial charge in [0.2, 0.25) is 0 Å². The van der Waals surface area contributed by atoms with Gasteiger partial charge in [0.1, 0.15) is 0 Å². The molecule has 0 saturated heterocycles. The fourth-order valence-corrected chi connectivity index (χ4v) is 0. The molecule has 3 N–H and O–H groups in total. The molecule has 0 aliphatic carbocycles. The van der Waals surface area contributed by atoms with Gasteiger partial charge in [-0.05, 0) is 0 Å². The van der Waals surface area contributed by atoms with Gasteiger partial charge in [0.25, 0.3) is 0 Å². The monoisotopic (exact) mass is 345 g/mol. The van der Waals surface area contributed by atoms with Crippen LogP contribution in [0.25, 0.3) is 0 Å². The Balaban J connectivity index is -0.0000000800. The largest absolute Gasteiger partial charge is 0.466 e. The van der Waals surface area contributed by atoms with Crippen LogP contribution >= 0.6 is 7.82 Å². The molecule has 0 heterocycles. The molecule has 1 radical (unpaired) electrons. The molecule has 7 heteroatoms. The minimum Gasteiger partial charge on any atom is -0.303 e. The molecule has 0 aromatic rings. The van der Waals surface area contributed by atoms with E-state index >= 15 is 0 Å². The third-order valence-corrected chi connectivity index (χ3v) is 0. The molecule has 0 aliphatic heterocycles. The van der Waals surface area contributed by atoms with Crippen molar-refractivity contribution in [1.82, 2.24) is 0 Å². The maximum atomic E-state index is 8.88. The average molecular weight is 344 g/mol. The second-order valence-corrected chi connectivity index (χ2v) is 1.54. The van der Waals surface area contributed by atoms with Crippen molar-refractivity contribution in [3.05, 3.63) is 0 Å². The topological polar surface area (TPSA) is 77.8 Å².